The van der Waals surface area contributed by atoms with E-state index in [1.807, 2.05) is 6.92 Å². The molecule has 0 amide bonds. The molecule has 2 nitrogen and oxygen atoms in total. The van der Waals surface area contributed by atoms with Crippen molar-refractivity contribution in [1.82, 2.24) is 0 Å². The van der Waals surface area contributed by atoms with E-state index >= 15 is 0 Å². The number of carboxylic acid groups (broad SMARTS) is 1. The first-order chi connectivity index (χ1) is 5.60. The second-order valence-corrected chi connectivity index (χ2v) is 3.21. The largest absolute Gasteiger partial charge is 0.478 e. The molecular weight excluding hydrogens is 152 g/mol. The molecule has 0 aliphatic heterocycles. The van der Waals surface area contributed by atoms with Gasteiger partial charge in [0.15, 0.2) is 0 Å². The van der Waals surface area contributed by atoms with E-state index in [9.17, 15) is 4.79 Å². The maximum absolute atomic E-state index is 10.4. The maximum atomic E-state index is 10.4. The highest BCUT2D eigenvalue weighted by Gasteiger charge is 2.03. The Morgan fingerprint density at radius 2 is 2.08 bits per heavy atom. The molecule has 0 rings (SSSR count). The summed E-state index contributed by atoms with van der Waals surface area (Å²) in [6.45, 7) is 6.27. The van der Waals surface area contributed by atoms with Gasteiger partial charge in [0, 0.05) is 6.08 Å². The third kappa shape index (κ3) is 4.94. The summed E-state index contributed by atoms with van der Waals surface area (Å²) in [5.41, 5.74) is 1.04. The van der Waals surface area contributed by atoms with Crippen molar-refractivity contribution in [3.63, 3.8) is 0 Å². The van der Waals surface area contributed by atoms with Gasteiger partial charge in [-0.2, -0.15) is 0 Å². The lowest BCUT2D eigenvalue weighted by molar-refractivity contribution is -0.131. The SMILES string of the molecule is CCC(=CC(=O)O)CC(C)CC. The van der Waals surface area contributed by atoms with E-state index in [0.29, 0.717) is 5.92 Å². The van der Waals surface area contributed by atoms with Gasteiger partial charge in [0.2, 0.25) is 0 Å². The summed E-state index contributed by atoms with van der Waals surface area (Å²) in [6.07, 6.45) is 4.21. The Morgan fingerprint density at radius 1 is 1.50 bits per heavy atom. The molecule has 0 aliphatic carbocycles. The van der Waals surface area contributed by atoms with Crippen molar-refractivity contribution in [2.45, 2.75) is 40.0 Å². The van der Waals surface area contributed by atoms with Crippen LogP contribution in [0.4, 0.5) is 0 Å². The Balaban J connectivity index is 4.08. The van der Waals surface area contributed by atoms with Crippen molar-refractivity contribution < 1.29 is 9.90 Å². The van der Waals surface area contributed by atoms with E-state index in [4.69, 9.17) is 5.11 Å². The van der Waals surface area contributed by atoms with Crippen LogP contribution in [-0.4, -0.2) is 11.1 Å². The van der Waals surface area contributed by atoms with Crippen LogP contribution in [0.2, 0.25) is 0 Å². The zero-order chi connectivity index (χ0) is 9.56. The minimum absolute atomic E-state index is 0.593. The van der Waals surface area contributed by atoms with E-state index < -0.39 is 5.97 Å². The van der Waals surface area contributed by atoms with Gasteiger partial charge in [-0.3, -0.25) is 0 Å². The van der Waals surface area contributed by atoms with Crippen molar-refractivity contribution in [1.29, 1.82) is 0 Å². The number of hydrogen-bond donors (Lipinski definition) is 1. The first-order valence-corrected chi connectivity index (χ1v) is 4.52. The third-order valence-corrected chi connectivity index (χ3v) is 2.09. The summed E-state index contributed by atoms with van der Waals surface area (Å²) in [6, 6.07) is 0. The van der Waals surface area contributed by atoms with Crippen molar-refractivity contribution in [3.8, 4) is 0 Å². The van der Waals surface area contributed by atoms with E-state index in [2.05, 4.69) is 13.8 Å². The van der Waals surface area contributed by atoms with Crippen LogP contribution in [0.1, 0.15) is 40.0 Å². The normalized spacial score (nSPS) is 14.4. The van der Waals surface area contributed by atoms with Gasteiger partial charge in [0.05, 0.1) is 0 Å². The molecule has 0 aromatic carbocycles. The Bertz CT molecular complexity index is 171. The summed E-state index contributed by atoms with van der Waals surface area (Å²) in [7, 11) is 0. The number of aliphatic carboxylic acids is 1. The first-order valence-electron chi connectivity index (χ1n) is 4.52. The molecule has 0 bridgehead atoms. The summed E-state index contributed by atoms with van der Waals surface area (Å²) in [5, 5.41) is 8.52. The van der Waals surface area contributed by atoms with Crippen LogP contribution in [0.3, 0.4) is 0 Å². The third-order valence-electron chi connectivity index (χ3n) is 2.09. The van der Waals surface area contributed by atoms with Crippen LogP contribution in [0.25, 0.3) is 0 Å². The fourth-order valence-electron chi connectivity index (χ4n) is 1.07. The number of carboxylic acids is 1. The zero-order valence-electron chi connectivity index (χ0n) is 8.13. The number of allylic oxidation sites excluding steroid dienone is 1. The average molecular weight is 170 g/mol. The molecule has 2 heteroatoms. The molecule has 0 aromatic heterocycles. The van der Waals surface area contributed by atoms with Gasteiger partial charge in [-0.15, -0.1) is 0 Å². The zero-order valence-corrected chi connectivity index (χ0v) is 8.13. The predicted molar refractivity (Wildman–Crippen MR) is 50.1 cm³/mol. The lowest BCUT2D eigenvalue weighted by atomic mass is 9.97. The predicted octanol–water partition coefficient (Wildman–Crippen LogP) is 2.84. The van der Waals surface area contributed by atoms with Gasteiger partial charge in [-0.1, -0.05) is 32.8 Å². The quantitative estimate of drug-likeness (QED) is 0.644. The molecule has 1 atom stereocenters. The van der Waals surface area contributed by atoms with E-state index in [-0.39, 0.29) is 0 Å². The number of rotatable bonds is 5. The molecule has 0 spiro atoms. The van der Waals surface area contributed by atoms with Crippen molar-refractivity contribution in [2.75, 3.05) is 0 Å². The Kier molecular flexibility index (Phi) is 5.43. The molecule has 12 heavy (non-hydrogen) atoms. The molecule has 1 N–H and O–H groups in total. The standard InChI is InChI=1S/C10H18O2/c1-4-8(3)6-9(5-2)7-10(11)12/h7-8H,4-6H2,1-3H3,(H,11,12). The monoisotopic (exact) mass is 170 g/mol. The average Bonchev–Trinajstić information content (AvgIpc) is 2.02. The fraction of sp³-hybridized carbons (Fsp3) is 0.700. The molecule has 0 aromatic rings. The molecule has 70 valence electrons. The van der Waals surface area contributed by atoms with Crippen LogP contribution in [-0.2, 0) is 4.79 Å². The van der Waals surface area contributed by atoms with Gasteiger partial charge in [0.25, 0.3) is 0 Å². The van der Waals surface area contributed by atoms with Crippen molar-refractivity contribution >= 4 is 5.97 Å². The molecule has 0 radical (unpaired) electrons. The van der Waals surface area contributed by atoms with E-state index in [1.54, 1.807) is 0 Å². The van der Waals surface area contributed by atoms with E-state index in [0.717, 1.165) is 24.8 Å². The van der Waals surface area contributed by atoms with Crippen LogP contribution in [0.15, 0.2) is 11.6 Å². The highest BCUT2D eigenvalue weighted by molar-refractivity contribution is 5.80. The summed E-state index contributed by atoms with van der Waals surface area (Å²) in [4.78, 5) is 10.4. The second-order valence-electron chi connectivity index (χ2n) is 3.21. The minimum atomic E-state index is -0.824. The summed E-state index contributed by atoms with van der Waals surface area (Å²) < 4.78 is 0. The second kappa shape index (κ2) is 5.81. The molecule has 0 heterocycles. The maximum Gasteiger partial charge on any atom is 0.328 e. The molecule has 1 unspecified atom stereocenters. The van der Waals surface area contributed by atoms with Gasteiger partial charge in [0.1, 0.15) is 0 Å². The van der Waals surface area contributed by atoms with Crippen molar-refractivity contribution in [3.05, 3.63) is 11.6 Å². The van der Waals surface area contributed by atoms with Crippen LogP contribution in [0, 0.1) is 5.92 Å². The van der Waals surface area contributed by atoms with Crippen LogP contribution in [0.5, 0.6) is 0 Å². The minimum Gasteiger partial charge on any atom is -0.478 e. The molecule has 0 aliphatic rings. The lowest BCUT2D eigenvalue weighted by Crippen LogP contribution is -1.98. The first kappa shape index (κ1) is 11.2. The topological polar surface area (TPSA) is 37.3 Å². The summed E-state index contributed by atoms with van der Waals surface area (Å²) in [5.74, 6) is -0.231. The summed E-state index contributed by atoms with van der Waals surface area (Å²) >= 11 is 0. The molecule has 0 fully saturated rings. The van der Waals surface area contributed by atoms with Gasteiger partial charge in [-0.25, -0.2) is 4.79 Å². The highest BCUT2D eigenvalue weighted by Crippen LogP contribution is 2.16. The molecular formula is C10H18O2. The fourth-order valence-corrected chi connectivity index (χ4v) is 1.07. The Labute approximate surface area is 74.3 Å². The van der Waals surface area contributed by atoms with E-state index in [1.165, 1.54) is 6.08 Å². The smallest absolute Gasteiger partial charge is 0.328 e. The molecule has 0 saturated carbocycles. The lowest BCUT2D eigenvalue weighted by Gasteiger charge is -2.09. The Morgan fingerprint density at radius 3 is 2.42 bits per heavy atom. The number of carbonyl (C=O) groups is 1. The van der Waals surface area contributed by atoms with Gasteiger partial charge >= 0.3 is 5.97 Å². The van der Waals surface area contributed by atoms with Crippen molar-refractivity contribution in [2.24, 2.45) is 5.92 Å². The highest BCUT2D eigenvalue weighted by atomic mass is 16.4. The Hall–Kier alpha value is -0.790. The van der Waals surface area contributed by atoms with Crippen LogP contribution >= 0.6 is 0 Å². The van der Waals surface area contributed by atoms with Crippen LogP contribution < -0.4 is 0 Å². The number of hydrogen-bond acceptors (Lipinski definition) is 1. The van der Waals surface area contributed by atoms with Gasteiger partial charge < -0.3 is 5.11 Å². The van der Waals surface area contributed by atoms with Gasteiger partial charge in [-0.05, 0) is 18.8 Å². The molecule has 0 saturated heterocycles.